The van der Waals surface area contributed by atoms with Gasteiger partial charge in [0, 0.05) is 0 Å². The van der Waals surface area contributed by atoms with Gasteiger partial charge >= 0.3 is 242 Å². The molecular weight excluding hydrogens is 627 g/mol. The van der Waals surface area contributed by atoms with Crippen LogP contribution >= 0.6 is 0 Å². The fourth-order valence-electron chi connectivity index (χ4n) is 6.45. The molecule has 0 bridgehead atoms. The number of hydrogen-bond acceptors (Lipinski definition) is 3. The van der Waals surface area contributed by atoms with Gasteiger partial charge in [0.05, 0.1) is 0 Å². The third-order valence-electron chi connectivity index (χ3n) is 8.86. The van der Waals surface area contributed by atoms with Gasteiger partial charge < -0.3 is 37.2 Å². The maximum absolute atomic E-state index is 5.71. The van der Waals surface area contributed by atoms with Crippen LogP contribution in [0.2, 0.25) is 3.34 Å². The molecule has 0 aliphatic heterocycles. The summed E-state index contributed by atoms with van der Waals surface area (Å²) in [5.41, 5.74) is 9.16. The summed E-state index contributed by atoms with van der Waals surface area (Å²) >= 11 is 2.49. The average molecular weight is 666 g/mol. The summed E-state index contributed by atoms with van der Waals surface area (Å²) in [5, 5.41) is 4.11. The van der Waals surface area contributed by atoms with Crippen LogP contribution in [-0.4, -0.2) is 29.4 Å². The van der Waals surface area contributed by atoms with E-state index in [4.69, 9.17) is 14.2 Å². The van der Waals surface area contributed by atoms with E-state index in [9.17, 15) is 0 Å². The Morgan fingerprint density at radius 3 is 1.00 bits per heavy atom. The summed E-state index contributed by atoms with van der Waals surface area (Å²) in [5.74, 6) is 2.74. The van der Waals surface area contributed by atoms with Crippen molar-refractivity contribution in [1.29, 1.82) is 0 Å². The van der Waals surface area contributed by atoms with Crippen molar-refractivity contribution in [2.75, 3.05) is 21.3 Å². The molecular formula is C33H39Cl3O3SiTi. The molecule has 41 heavy (non-hydrogen) atoms. The summed E-state index contributed by atoms with van der Waals surface area (Å²) < 4.78 is 17.0. The van der Waals surface area contributed by atoms with Crippen LogP contribution in [0.1, 0.15) is 44.4 Å². The average Bonchev–Trinajstić information content (AvgIpc) is 3.05. The largest absolute Gasteiger partial charge is 1.00 e. The summed E-state index contributed by atoms with van der Waals surface area (Å²) in [6.07, 6.45) is 0. The minimum atomic E-state index is -2.81. The first-order valence-electron chi connectivity index (χ1n) is 13.1. The van der Waals surface area contributed by atoms with Crippen molar-refractivity contribution in [2.45, 2.75) is 51.8 Å². The smallest absolute Gasteiger partial charge is 1.00 e. The third-order valence-corrected chi connectivity index (χ3v) is 17.2. The van der Waals surface area contributed by atoms with E-state index in [0.29, 0.717) is 0 Å². The molecule has 0 heterocycles. The van der Waals surface area contributed by atoms with Gasteiger partial charge in [0.25, 0.3) is 0 Å². The predicted octanol–water partition coefficient (Wildman–Crippen LogP) is -2.95. The fourth-order valence-corrected chi connectivity index (χ4v) is 15.2. The summed E-state index contributed by atoms with van der Waals surface area (Å²) in [6.45, 7) is 15.7. The van der Waals surface area contributed by atoms with Crippen molar-refractivity contribution in [2.24, 2.45) is 0 Å². The summed E-state index contributed by atoms with van der Waals surface area (Å²) in [6, 6.07) is 20.5. The predicted molar refractivity (Wildman–Crippen MR) is 157 cm³/mol. The number of methoxy groups -OCH3 is 3. The molecule has 0 fully saturated rings. The molecule has 3 aromatic rings. The van der Waals surface area contributed by atoms with E-state index in [1.54, 1.807) is 21.3 Å². The molecule has 3 aromatic carbocycles. The van der Waals surface area contributed by atoms with E-state index in [-0.39, 0.29) is 40.6 Å². The van der Waals surface area contributed by atoms with Gasteiger partial charge in [-0.1, -0.05) is 0 Å². The Morgan fingerprint density at radius 2 is 0.780 bits per heavy atom. The molecule has 0 radical (unpaired) electrons. The topological polar surface area (TPSA) is 27.7 Å². The number of halogens is 3. The molecule has 0 aromatic heterocycles. The Hall–Kier alpha value is -1.66. The summed E-state index contributed by atoms with van der Waals surface area (Å²) in [7, 11) is 2.43. The summed E-state index contributed by atoms with van der Waals surface area (Å²) in [4.78, 5) is 0. The van der Waals surface area contributed by atoms with Crippen LogP contribution in [0.25, 0.3) is 0 Å². The normalized spacial score (nSPS) is 14.1. The number of hydrogen-bond donors (Lipinski definition) is 0. The van der Waals surface area contributed by atoms with Crippen LogP contribution in [0.5, 0.6) is 17.2 Å². The zero-order chi connectivity index (χ0) is 28.0. The van der Waals surface area contributed by atoms with Crippen molar-refractivity contribution in [1.82, 2.24) is 0 Å². The molecule has 0 saturated heterocycles. The number of allylic oxidation sites excluding steroid dienone is 4. The zero-order valence-electron chi connectivity index (χ0n) is 25.6. The first-order valence-corrected chi connectivity index (χ1v) is 15.8. The van der Waals surface area contributed by atoms with Crippen molar-refractivity contribution >= 4 is 23.6 Å². The van der Waals surface area contributed by atoms with E-state index < -0.39 is 8.07 Å². The van der Waals surface area contributed by atoms with Gasteiger partial charge in [-0.15, -0.1) is 0 Å². The molecule has 8 heteroatoms. The Labute approximate surface area is 277 Å². The second kappa shape index (κ2) is 14.2. The molecule has 4 rings (SSSR count). The molecule has 1 aliphatic carbocycles. The van der Waals surface area contributed by atoms with E-state index >= 15 is 0 Å². The maximum atomic E-state index is 5.71. The van der Waals surface area contributed by atoms with Crippen molar-refractivity contribution in [3.63, 3.8) is 0 Å². The standard InChI is InChI=1S/C33H39O3Si.3ClH.Ti/c1-20-17-27(11-14-30(20)34-8)37(28-12-15-31(35-9)21(2)18-28,29-13-16-32(36-10)22(3)19-29)33-25(6)23(4)24(5)26(33)7;;;;/h11-19H,1-10H3;3*1H;/q;;;;+3/p-3. The number of ether oxygens (including phenoxy) is 3. The Bertz CT molecular complexity index is 1330. The van der Waals surface area contributed by atoms with Crippen LogP contribution < -0.4 is 67.0 Å². The third kappa shape index (κ3) is 5.69. The Kier molecular flexibility index (Phi) is 12.9. The Balaban J connectivity index is 0.00000280. The molecule has 0 amide bonds. The number of benzene rings is 3. The van der Waals surface area contributed by atoms with Crippen LogP contribution in [0, 0.1) is 20.8 Å². The van der Waals surface area contributed by atoms with Crippen LogP contribution in [0.3, 0.4) is 0 Å². The second-order valence-corrected chi connectivity index (χ2v) is 16.5. The second-order valence-electron chi connectivity index (χ2n) is 10.6. The van der Waals surface area contributed by atoms with Gasteiger partial charge in [-0.3, -0.25) is 0 Å². The van der Waals surface area contributed by atoms with Gasteiger partial charge in [0.2, 0.25) is 0 Å². The number of rotatable bonds is 7. The van der Waals surface area contributed by atoms with Gasteiger partial charge in [-0.05, 0) is 0 Å². The molecule has 0 N–H and O–H groups in total. The zero-order valence-corrected chi connectivity index (χ0v) is 30.4. The van der Waals surface area contributed by atoms with Crippen LogP contribution in [0.15, 0.2) is 76.9 Å². The fraction of sp³-hybridized carbons (Fsp3) is 0.333. The molecule has 1 aliphatic rings. The van der Waals surface area contributed by atoms with E-state index in [2.05, 4.69) is 123 Å². The first kappa shape index (κ1) is 37.4. The first-order chi connectivity index (χ1) is 18.0. The minimum Gasteiger partial charge on any atom is -1.00 e. The quantitative estimate of drug-likeness (QED) is 0.200. The van der Waals surface area contributed by atoms with Crippen LogP contribution in [0.4, 0.5) is 0 Å². The van der Waals surface area contributed by atoms with Gasteiger partial charge in [-0.25, -0.2) is 0 Å². The van der Waals surface area contributed by atoms with Gasteiger partial charge in [0.1, 0.15) is 0 Å². The molecule has 0 saturated carbocycles. The van der Waals surface area contributed by atoms with Gasteiger partial charge in [-0.2, -0.15) is 0 Å². The molecule has 0 unspecified atom stereocenters. The number of aryl methyl sites for hydroxylation is 3. The Morgan fingerprint density at radius 1 is 0.512 bits per heavy atom. The maximum Gasteiger partial charge on any atom is -1.00 e. The molecule has 0 spiro atoms. The molecule has 0 atom stereocenters. The monoisotopic (exact) mass is 664 g/mol. The molecule has 218 valence electrons. The SMILES string of the molecule is COc1ccc([Si](c2ccc(OC)c(C)c2)(c2ccc(OC)c(C)c2)[C]2([Ti+3])C(C)=C(C)C(C)=C2C)cc1C.[Cl-].[Cl-].[Cl-]. The van der Waals surface area contributed by atoms with Gasteiger partial charge in [0.15, 0.2) is 0 Å². The van der Waals surface area contributed by atoms with E-state index in [1.807, 2.05) is 0 Å². The minimum absolute atomic E-state index is 0. The van der Waals surface area contributed by atoms with Crippen molar-refractivity contribution in [3.05, 3.63) is 93.6 Å². The molecule has 3 nitrogen and oxygen atoms in total. The van der Waals surface area contributed by atoms with E-state index in [0.717, 1.165) is 33.9 Å². The van der Waals surface area contributed by atoms with Crippen molar-refractivity contribution in [3.8, 4) is 17.2 Å². The van der Waals surface area contributed by atoms with E-state index in [1.165, 1.54) is 37.9 Å². The van der Waals surface area contributed by atoms with Crippen LogP contribution in [-0.2, 0) is 20.4 Å². The van der Waals surface area contributed by atoms with Crippen molar-refractivity contribution < 1.29 is 71.9 Å².